The van der Waals surface area contributed by atoms with E-state index in [0.717, 1.165) is 10.5 Å². The molecule has 12 heteroatoms. The van der Waals surface area contributed by atoms with Crippen molar-refractivity contribution in [1.82, 2.24) is 5.32 Å². The van der Waals surface area contributed by atoms with Crippen molar-refractivity contribution in [2.75, 3.05) is 32.0 Å². The highest BCUT2D eigenvalue weighted by Gasteiger charge is 2.23. The second kappa shape index (κ2) is 17.2. The van der Waals surface area contributed by atoms with E-state index in [1.807, 2.05) is 30.3 Å². The number of carbonyl (C=O) groups is 3. The van der Waals surface area contributed by atoms with Crippen LogP contribution in [-0.4, -0.2) is 39.1 Å². The molecule has 3 amide bonds. The molecular formula is C39H33ClFN3O6S. The first-order valence-corrected chi connectivity index (χ1v) is 16.7. The van der Waals surface area contributed by atoms with Gasteiger partial charge in [0.15, 0.2) is 11.5 Å². The molecule has 0 fully saturated rings. The van der Waals surface area contributed by atoms with Crippen molar-refractivity contribution in [3.05, 3.63) is 148 Å². The van der Waals surface area contributed by atoms with Gasteiger partial charge in [-0.3, -0.25) is 14.4 Å². The van der Waals surface area contributed by atoms with E-state index in [9.17, 15) is 18.8 Å². The van der Waals surface area contributed by atoms with Crippen LogP contribution in [0.5, 0.6) is 17.2 Å². The summed E-state index contributed by atoms with van der Waals surface area (Å²) < 4.78 is 30.0. The maximum Gasteiger partial charge on any atom is 0.272 e. The molecule has 0 aliphatic heterocycles. The zero-order chi connectivity index (χ0) is 36.3. The molecule has 0 radical (unpaired) electrons. The highest BCUT2D eigenvalue weighted by atomic mass is 35.5. The number of methoxy groups -OCH3 is 3. The summed E-state index contributed by atoms with van der Waals surface area (Å²) in [6, 6.07) is 31.9. The van der Waals surface area contributed by atoms with Gasteiger partial charge in [-0.15, -0.1) is 11.8 Å². The largest absolute Gasteiger partial charge is 0.493 e. The number of carbonyl (C=O) groups excluding carboxylic acids is 3. The summed E-state index contributed by atoms with van der Waals surface area (Å²) in [5.41, 5.74) is 2.38. The summed E-state index contributed by atoms with van der Waals surface area (Å²) >= 11 is 7.22. The maximum absolute atomic E-state index is 13.7. The van der Waals surface area contributed by atoms with Crippen LogP contribution in [0.3, 0.4) is 0 Å². The number of anilines is 2. The summed E-state index contributed by atoms with van der Waals surface area (Å²) in [7, 11) is 4.45. The molecule has 0 aliphatic rings. The minimum atomic E-state index is -0.670. The van der Waals surface area contributed by atoms with Gasteiger partial charge >= 0.3 is 0 Å². The van der Waals surface area contributed by atoms with Gasteiger partial charge in [-0.2, -0.15) is 0 Å². The van der Waals surface area contributed by atoms with Crippen LogP contribution in [0.1, 0.15) is 26.7 Å². The third-order valence-electron chi connectivity index (χ3n) is 7.42. The Hall–Kier alpha value is -5.78. The number of thioether (sulfide) groups is 1. The Kier molecular flexibility index (Phi) is 12.3. The first-order valence-electron chi connectivity index (χ1n) is 15.5. The van der Waals surface area contributed by atoms with Crippen molar-refractivity contribution in [3.8, 4) is 17.2 Å². The summed E-state index contributed by atoms with van der Waals surface area (Å²) in [6.45, 7) is 0. The smallest absolute Gasteiger partial charge is 0.272 e. The summed E-state index contributed by atoms with van der Waals surface area (Å²) in [4.78, 5) is 41.1. The lowest BCUT2D eigenvalue weighted by molar-refractivity contribution is -0.116. The molecule has 0 saturated carbocycles. The molecule has 51 heavy (non-hydrogen) atoms. The molecule has 0 bridgehead atoms. The highest BCUT2D eigenvalue weighted by Crippen LogP contribution is 2.39. The van der Waals surface area contributed by atoms with Crippen LogP contribution in [0.15, 0.2) is 126 Å². The molecule has 9 nitrogen and oxygen atoms in total. The topological polar surface area (TPSA) is 115 Å². The number of hydrogen-bond acceptors (Lipinski definition) is 7. The second-order valence-electron chi connectivity index (χ2n) is 10.8. The van der Waals surface area contributed by atoms with Crippen molar-refractivity contribution in [2.24, 2.45) is 0 Å². The van der Waals surface area contributed by atoms with Gasteiger partial charge in [-0.25, -0.2) is 4.39 Å². The number of nitrogens with one attached hydrogen (secondary N) is 3. The Morgan fingerprint density at radius 1 is 0.745 bits per heavy atom. The third-order valence-corrected chi connectivity index (χ3v) is 8.98. The molecule has 0 saturated heterocycles. The molecule has 5 aromatic carbocycles. The van der Waals surface area contributed by atoms with E-state index in [0.29, 0.717) is 39.8 Å². The number of halogens is 2. The van der Waals surface area contributed by atoms with Crippen LogP contribution in [0.4, 0.5) is 15.8 Å². The second-order valence-corrected chi connectivity index (χ2v) is 12.4. The fraction of sp³-hybridized carbons (Fsp3) is 0.103. The van der Waals surface area contributed by atoms with Gasteiger partial charge in [0.2, 0.25) is 11.7 Å². The van der Waals surface area contributed by atoms with Crippen molar-refractivity contribution >= 4 is 58.5 Å². The molecule has 260 valence electrons. The van der Waals surface area contributed by atoms with Crippen LogP contribution < -0.4 is 30.2 Å². The van der Waals surface area contributed by atoms with E-state index in [2.05, 4.69) is 16.0 Å². The van der Waals surface area contributed by atoms with E-state index >= 15 is 0 Å². The Balaban J connectivity index is 1.38. The molecular weight excluding hydrogens is 693 g/mol. The first kappa shape index (κ1) is 36.5. The molecule has 0 aliphatic carbocycles. The minimum absolute atomic E-state index is 0.0433. The van der Waals surface area contributed by atoms with Crippen molar-refractivity contribution < 1.29 is 33.0 Å². The number of hydrogen-bond donors (Lipinski definition) is 3. The predicted molar refractivity (Wildman–Crippen MR) is 198 cm³/mol. The van der Waals surface area contributed by atoms with E-state index in [1.165, 1.54) is 57.4 Å². The highest BCUT2D eigenvalue weighted by molar-refractivity contribution is 8.00. The van der Waals surface area contributed by atoms with Gasteiger partial charge in [0, 0.05) is 21.8 Å². The van der Waals surface area contributed by atoms with Crippen molar-refractivity contribution in [1.29, 1.82) is 0 Å². The number of ether oxygens (including phenoxy) is 3. The zero-order valence-corrected chi connectivity index (χ0v) is 29.3. The van der Waals surface area contributed by atoms with E-state index in [-0.39, 0.29) is 16.6 Å². The Labute approximate surface area is 303 Å². The molecule has 0 spiro atoms. The molecule has 0 heterocycles. The van der Waals surface area contributed by atoms with Gasteiger partial charge in [0.25, 0.3) is 11.8 Å². The average molecular weight is 726 g/mol. The number of benzene rings is 5. The van der Waals surface area contributed by atoms with E-state index in [1.54, 1.807) is 66.7 Å². The molecule has 1 atom stereocenters. The Morgan fingerprint density at radius 2 is 1.35 bits per heavy atom. The monoisotopic (exact) mass is 725 g/mol. The van der Waals surface area contributed by atoms with Crippen LogP contribution in [-0.2, 0) is 9.59 Å². The summed E-state index contributed by atoms with van der Waals surface area (Å²) in [5, 5.41) is 7.60. The molecule has 1 unspecified atom stereocenters. The lowest BCUT2D eigenvalue weighted by Crippen LogP contribution is -2.30. The van der Waals surface area contributed by atoms with Crippen LogP contribution in [0, 0.1) is 5.82 Å². The van der Waals surface area contributed by atoms with Crippen LogP contribution in [0.2, 0.25) is 5.02 Å². The minimum Gasteiger partial charge on any atom is -0.493 e. The van der Waals surface area contributed by atoms with Gasteiger partial charge in [0.05, 0.1) is 26.4 Å². The molecule has 3 N–H and O–H groups in total. The SMILES string of the molecule is COc1cc(/C=C(\NC(=O)c2ccccc2)C(=O)Nc2ccc(SC(C(=O)Nc3ccc(F)c(Cl)c3)c3ccccc3)cc2)cc(OC)c1OC. The van der Waals surface area contributed by atoms with Crippen LogP contribution in [0.25, 0.3) is 6.08 Å². The number of amides is 3. The first-order chi connectivity index (χ1) is 24.7. The average Bonchev–Trinajstić information content (AvgIpc) is 3.15. The quantitative estimate of drug-likeness (QED) is 0.0825. The summed E-state index contributed by atoms with van der Waals surface area (Å²) in [6.07, 6.45) is 1.50. The summed E-state index contributed by atoms with van der Waals surface area (Å²) in [5.74, 6) is -0.873. The zero-order valence-electron chi connectivity index (χ0n) is 27.7. The van der Waals surface area contributed by atoms with Gasteiger partial charge in [0.1, 0.15) is 16.8 Å². The fourth-order valence-corrected chi connectivity index (χ4v) is 6.13. The van der Waals surface area contributed by atoms with Crippen molar-refractivity contribution in [3.63, 3.8) is 0 Å². The van der Waals surface area contributed by atoms with Crippen LogP contribution >= 0.6 is 23.4 Å². The molecule has 5 aromatic rings. The third kappa shape index (κ3) is 9.47. The van der Waals surface area contributed by atoms with E-state index < -0.39 is 22.9 Å². The molecule has 0 aromatic heterocycles. The lowest BCUT2D eigenvalue weighted by Gasteiger charge is -2.18. The number of rotatable bonds is 13. The normalized spacial score (nSPS) is 11.6. The van der Waals surface area contributed by atoms with E-state index in [4.69, 9.17) is 25.8 Å². The lowest BCUT2D eigenvalue weighted by atomic mass is 10.1. The van der Waals surface area contributed by atoms with Crippen molar-refractivity contribution in [2.45, 2.75) is 10.1 Å². The Bertz CT molecular complexity index is 2020. The molecule has 5 rings (SSSR count). The maximum atomic E-state index is 13.7. The van der Waals surface area contributed by atoms with Gasteiger partial charge in [-0.05, 0) is 83.9 Å². The van der Waals surface area contributed by atoms with Gasteiger partial charge < -0.3 is 30.2 Å². The standard InChI is InChI=1S/C39H33ClFN3O6S/c1-48-33-21-24(22-34(49-2)35(33)50-3)20-32(44-37(45)26-12-8-5-9-13-26)38(46)42-27-14-17-29(18-15-27)51-36(25-10-6-4-7-11-25)39(47)43-28-16-19-31(41)30(40)23-28/h4-23,36H,1-3H3,(H,42,46)(H,43,47)(H,44,45)/b32-20-. The predicted octanol–water partition coefficient (Wildman–Crippen LogP) is 8.39. The fourth-order valence-electron chi connectivity index (χ4n) is 4.93. The Morgan fingerprint density at radius 3 is 1.94 bits per heavy atom. The van der Waals surface area contributed by atoms with Gasteiger partial charge in [-0.1, -0.05) is 60.1 Å².